The van der Waals surface area contributed by atoms with Gasteiger partial charge < -0.3 is 5.73 Å². The fraction of sp³-hybridized carbons (Fsp3) is 1.00. The van der Waals surface area contributed by atoms with Crippen LogP contribution < -0.4 is 10.5 Å². The third-order valence-corrected chi connectivity index (χ3v) is 6.44. The lowest BCUT2D eigenvalue weighted by Crippen LogP contribution is -2.57. The van der Waals surface area contributed by atoms with Crippen molar-refractivity contribution >= 4 is 10.2 Å². The second kappa shape index (κ2) is 7.20. The number of rotatable bonds is 4. The van der Waals surface area contributed by atoms with Crippen molar-refractivity contribution in [2.24, 2.45) is 5.73 Å². The quantitative estimate of drug-likeness (QED) is 0.777. The molecule has 5 nitrogen and oxygen atoms in total. The Bertz CT molecular complexity index is 381. The van der Waals surface area contributed by atoms with E-state index in [0.29, 0.717) is 19.6 Å². The van der Waals surface area contributed by atoms with Gasteiger partial charge in [0.15, 0.2) is 0 Å². The average molecular weight is 303 g/mol. The van der Waals surface area contributed by atoms with Crippen molar-refractivity contribution in [1.29, 1.82) is 0 Å². The standard InChI is InChI=1S/C14H29N3O2S/c15-13-14(9-5-1-2-6-10-14)16-20(18,19)17-11-7-3-4-8-12-17/h16H,1-13,15H2. The summed E-state index contributed by atoms with van der Waals surface area (Å²) >= 11 is 0. The molecular weight excluding hydrogens is 274 g/mol. The van der Waals surface area contributed by atoms with Crippen molar-refractivity contribution in [1.82, 2.24) is 9.03 Å². The van der Waals surface area contributed by atoms with Crippen molar-refractivity contribution in [2.75, 3.05) is 19.6 Å². The summed E-state index contributed by atoms with van der Waals surface area (Å²) in [5.41, 5.74) is 5.51. The fourth-order valence-corrected chi connectivity index (χ4v) is 5.08. The summed E-state index contributed by atoms with van der Waals surface area (Å²) in [4.78, 5) is 0. The molecule has 0 atom stereocenters. The number of hydrogen-bond acceptors (Lipinski definition) is 3. The van der Waals surface area contributed by atoms with Gasteiger partial charge >= 0.3 is 0 Å². The van der Waals surface area contributed by atoms with Gasteiger partial charge in [-0.25, -0.2) is 0 Å². The van der Waals surface area contributed by atoms with E-state index in [1.165, 1.54) is 12.8 Å². The molecule has 2 rings (SSSR count). The summed E-state index contributed by atoms with van der Waals surface area (Å²) in [5, 5.41) is 0. The van der Waals surface area contributed by atoms with Gasteiger partial charge in [-0.3, -0.25) is 0 Å². The summed E-state index contributed by atoms with van der Waals surface area (Å²) in [6.45, 7) is 1.70. The van der Waals surface area contributed by atoms with Crippen molar-refractivity contribution < 1.29 is 8.42 Å². The Hall–Kier alpha value is -0.170. The van der Waals surface area contributed by atoms with E-state index in [1.807, 2.05) is 0 Å². The molecule has 2 aliphatic rings. The van der Waals surface area contributed by atoms with Crippen LogP contribution in [0.3, 0.4) is 0 Å². The van der Waals surface area contributed by atoms with Crippen molar-refractivity contribution in [3.63, 3.8) is 0 Å². The zero-order chi connectivity index (χ0) is 14.5. The molecular formula is C14H29N3O2S. The predicted octanol–water partition coefficient (Wildman–Crippen LogP) is 1.75. The van der Waals surface area contributed by atoms with E-state index in [-0.39, 0.29) is 0 Å². The lowest BCUT2D eigenvalue weighted by atomic mass is 9.92. The molecule has 1 aliphatic heterocycles. The molecule has 0 aromatic rings. The van der Waals surface area contributed by atoms with Crippen LogP contribution in [0, 0.1) is 0 Å². The van der Waals surface area contributed by atoms with Gasteiger partial charge in [0.25, 0.3) is 10.2 Å². The highest BCUT2D eigenvalue weighted by atomic mass is 32.2. The van der Waals surface area contributed by atoms with E-state index >= 15 is 0 Å². The van der Waals surface area contributed by atoms with Gasteiger partial charge in [0, 0.05) is 25.2 Å². The van der Waals surface area contributed by atoms with Gasteiger partial charge in [0.1, 0.15) is 0 Å². The molecule has 118 valence electrons. The Kier molecular flexibility index (Phi) is 5.84. The first-order chi connectivity index (χ1) is 9.58. The van der Waals surface area contributed by atoms with Crippen LogP contribution in [-0.2, 0) is 10.2 Å². The van der Waals surface area contributed by atoms with Crippen LogP contribution in [0.1, 0.15) is 64.2 Å². The molecule has 2 fully saturated rings. The third-order valence-electron chi connectivity index (χ3n) is 4.70. The Morgan fingerprint density at radius 2 is 1.40 bits per heavy atom. The summed E-state index contributed by atoms with van der Waals surface area (Å²) in [6.07, 6.45) is 10.5. The second-order valence-corrected chi connectivity index (χ2v) is 7.99. The maximum Gasteiger partial charge on any atom is 0.279 e. The molecule has 1 heterocycles. The van der Waals surface area contributed by atoms with Crippen LogP contribution in [0.4, 0.5) is 0 Å². The minimum absolute atomic E-state index is 0.403. The molecule has 0 unspecified atom stereocenters. The Morgan fingerprint density at radius 3 is 1.90 bits per heavy atom. The minimum Gasteiger partial charge on any atom is -0.329 e. The molecule has 6 heteroatoms. The first-order valence-corrected chi connectivity index (χ1v) is 9.51. The number of nitrogens with one attached hydrogen (secondary N) is 1. The van der Waals surface area contributed by atoms with E-state index in [1.54, 1.807) is 4.31 Å². The summed E-state index contributed by atoms with van der Waals surface area (Å²) in [7, 11) is -3.39. The molecule has 0 aromatic carbocycles. The normalized spacial score (nSPS) is 25.9. The predicted molar refractivity (Wildman–Crippen MR) is 81.6 cm³/mol. The zero-order valence-electron chi connectivity index (χ0n) is 12.4. The zero-order valence-corrected chi connectivity index (χ0v) is 13.3. The van der Waals surface area contributed by atoms with Crippen LogP contribution in [-0.4, -0.2) is 37.9 Å². The van der Waals surface area contributed by atoms with Gasteiger partial charge in [0.2, 0.25) is 0 Å². The van der Waals surface area contributed by atoms with E-state index in [0.717, 1.165) is 51.4 Å². The Balaban J connectivity index is 2.07. The average Bonchev–Trinajstić information content (AvgIpc) is 2.81. The van der Waals surface area contributed by atoms with Crippen LogP contribution in [0.2, 0.25) is 0 Å². The summed E-state index contributed by atoms with van der Waals surface area (Å²) in [6, 6.07) is 0. The van der Waals surface area contributed by atoms with E-state index in [2.05, 4.69) is 4.72 Å². The monoisotopic (exact) mass is 303 g/mol. The first-order valence-electron chi connectivity index (χ1n) is 8.07. The van der Waals surface area contributed by atoms with Crippen LogP contribution >= 0.6 is 0 Å². The van der Waals surface area contributed by atoms with Crippen molar-refractivity contribution in [2.45, 2.75) is 69.7 Å². The highest BCUT2D eigenvalue weighted by molar-refractivity contribution is 7.87. The molecule has 0 aromatic heterocycles. The topological polar surface area (TPSA) is 75.4 Å². The number of nitrogens with zero attached hydrogens (tertiary/aromatic N) is 1. The van der Waals surface area contributed by atoms with Gasteiger partial charge in [-0.05, 0) is 25.7 Å². The van der Waals surface area contributed by atoms with Gasteiger partial charge in [-0.15, -0.1) is 0 Å². The van der Waals surface area contributed by atoms with Crippen LogP contribution in [0.25, 0.3) is 0 Å². The Labute approximate surface area is 123 Å². The van der Waals surface area contributed by atoms with E-state index < -0.39 is 15.7 Å². The van der Waals surface area contributed by atoms with Gasteiger partial charge in [-0.1, -0.05) is 38.5 Å². The summed E-state index contributed by atoms with van der Waals surface area (Å²) in [5.74, 6) is 0. The maximum absolute atomic E-state index is 12.6. The van der Waals surface area contributed by atoms with Crippen LogP contribution in [0.5, 0.6) is 0 Å². The van der Waals surface area contributed by atoms with Gasteiger partial charge in [0.05, 0.1) is 0 Å². The number of hydrogen-bond donors (Lipinski definition) is 2. The van der Waals surface area contributed by atoms with E-state index in [4.69, 9.17) is 5.73 Å². The first kappa shape index (κ1) is 16.2. The summed E-state index contributed by atoms with van der Waals surface area (Å²) < 4.78 is 29.9. The van der Waals surface area contributed by atoms with E-state index in [9.17, 15) is 8.42 Å². The minimum atomic E-state index is -3.39. The second-order valence-electron chi connectivity index (χ2n) is 6.32. The highest BCUT2D eigenvalue weighted by Gasteiger charge is 2.36. The molecule has 0 amide bonds. The third kappa shape index (κ3) is 4.16. The van der Waals surface area contributed by atoms with Crippen LogP contribution in [0.15, 0.2) is 0 Å². The van der Waals surface area contributed by atoms with Gasteiger partial charge in [-0.2, -0.15) is 17.4 Å². The molecule has 0 spiro atoms. The molecule has 1 saturated carbocycles. The molecule has 3 N–H and O–H groups in total. The molecule has 0 bridgehead atoms. The lowest BCUT2D eigenvalue weighted by molar-refractivity contribution is 0.322. The lowest BCUT2D eigenvalue weighted by Gasteiger charge is -2.34. The largest absolute Gasteiger partial charge is 0.329 e. The Morgan fingerprint density at radius 1 is 0.900 bits per heavy atom. The SMILES string of the molecule is NCC1(NS(=O)(=O)N2CCCCCC2)CCCCCC1. The van der Waals surface area contributed by atoms with Crippen molar-refractivity contribution in [3.05, 3.63) is 0 Å². The fourth-order valence-electron chi connectivity index (χ4n) is 3.37. The highest BCUT2D eigenvalue weighted by Crippen LogP contribution is 2.27. The number of nitrogens with two attached hydrogens (primary N) is 1. The van der Waals surface area contributed by atoms with Crippen molar-refractivity contribution in [3.8, 4) is 0 Å². The maximum atomic E-state index is 12.6. The molecule has 1 saturated heterocycles. The smallest absolute Gasteiger partial charge is 0.279 e. The molecule has 20 heavy (non-hydrogen) atoms. The molecule has 0 radical (unpaired) electrons. The molecule has 1 aliphatic carbocycles.